The Morgan fingerprint density at radius 2 is 2.00 bits per heavy atom. The summed E-state index contributed by atoms with van der Waals surface area (Å²) in [5, 5.41) is -0.162. The monoisotopic (exact) mass is 258 g/mol. The van der Waals surface area contributed by atoms with Crippen LogP contribution in [-0.2, 0) is 6.18 Å². The zero-order chi connectivity index (χ0) is 13.3. The van der Waals surface area contributed by atoms with Crippen molar-refractivity contribution in [3.8, 4) is 5.75 Å². The third kappa shape index (κ3) is 2.32. The van der Waals surface area contributed by atoms with Crippen molar-refractivity contribution in [3.05, 3.63) is 40.2 Å². The van der Waals surface area contributed by atoms with Gasteiger partial charge in [-0.1, -0.05) is 0 Å². The Bertz CT molecular complexity index is 628. The average molecular weight is 258 g/mol. The van der Waals surface area contributed by atoms with Crippen molar-refractivity contribution < 1.29 is 22.3 Å². The molecule has 0 amide bonds. The van der Waals surface area contributed by atoms with E-state index in [1.807, 2.05) is 0 Å². The third-order valence-corrected chi connectivity index (χ3v) is 2.33. The Morgan fingerprint density at radius 3 is 2.61 bits per heavy atom. The first-order valence-corrected chi connectivity index (χ1v) is 5.19. The number of hydrogen-bond acceptors (Lipinski definition) is 3. The first kappa shape index (κ1) is 12.5. The Labute approximate surface area is 99.8 Å². The molecule has 2 rings (SSSR count). The summed E-state index contributed by atoms with van der Waals surface area (Å²) in [4.78, 5) is 11.1. The fraction of sp³-hybridized carbons (Fsp3) is 0.250. The van der Waals surface area contributed by atoms with Crippen molar-refractivity contribution in [2.24, 2.45) is 0 Å². The van der Waals surface area contributed by atoms with Crippen LogP contribution in [0.2, 0.25) is 0 Å². The van der Waals surface area contributed by atoms with E-state index in [0.717, 1.165) is 0 Å². The number of ether oxygens (including phenoxy) is 1. The summed E-state index contributed by atoms with van der Waals surface area (Å²) < 4.78 is 48.1. The molecule has 0 spiro atoms. The Balaban J connectivity index is 2.71. The number of fused-ring (bicyclic) bond motifs is 1. The largest absolute Gasteiger partial charge is 0.494 e. The van der Waals surface area contributed by atoms with Crippen molar-refractivity contribution in [3.63, 3.8) is 0 Å². The zero-order valence-electron chi connectivity index (χ0n) is 9.38. The van der Waals surface area contributed by atoms with E-state index in [0.29, 0.717) is 18.4 Å². The van der Waals surface area contributed by atoms with E-state index in [4.69, 9.17) is 9.15 Å². The fourth-order valence-electron chi connectivity index (χ4n) is 1.63. The lowest BCUT2D eigenvalue weighted by Gasteiger charge is -2.10. The highest BCUT2D eigenvalue weighted by Crippen LogP contribution is 2.34. The van der Waals surface area contributed by atoms with Gasteiger partial charge in [-0.15, -0.1) is 0 Å². The maximum atomic E-state index is 12.7. The van der Waals surface area contributed by atoms with Gasteiger partial charge in [0.25, 0.3) is 0 Å². The van der Waals surface area contributed by atoms with Crippen molar-refractivity contribution in [1.29, 1.82) is 0 Å². The van der Waals surface area contributed by atoms with Crippen LogP contribution in [-0.4, -0.2) is 6.61 Å². The molecule has 0 fully saturated rings. The minimum absolute atomic E-state index is 0.138. The van der Waals surface area contributed by atoms with Crippen LogP contribution >= 0.6 is 0 Å². The summed E-state index contributed by atoms with van der Waals surface area (Å²) >= 11 is 0. The number of rotatable bonds is 2. The lowest BCUT2D eigenvalue weighted by molar-refractivity contribution is -0.136. The molecule has 1 heterocycles. The van der Waals surface area contributed by atoms with Gasteiger partial charge in [-0.2, -0.15) is 13.2 Å². The van der Waals surface area contributed by atoms with E-state index < -0.39 is 17.4 Å². The van der Waals surface area contributed by atoms with E-state index in [1.165, 1.54) is 18.2 Å². The molecule has 18 heavy (non-hydrogen) atoms. The van der Waals surface area contributed by atoms with E-state index in [2.05, 4.69) is 0 Å². The predicted molar refractivity (Wildman–Crippen MR) is 58.7 cm³/mol. The average Bonchev–Trinajstić information content (AvgIpc) is 2.26. The van der Waals surface area contributed by atoms with Crippen LogP contribution in [0.5, 0.6) is 5.75 Å². The minimum Gasteiger partial charge on any atom is -0.494 e. The molecule has 0 saturated heterocycles. The van der Waals surface area contributed by atoms with Crippen LogP contribution in [0.25, 0.3) is 11.0 Å². The maximum Gasteiger partial charge on any atom is 0.417 e. The van der Waals surface area contributed by atoms with Gasteiger partial charge >= 0.3 is 11.8 Å². The molecular weight excluding hydrogens is 249 g/mol. The lowest BCUT2D eigenvalue weighted by atomic mass is 10.1. The van der Waals surface area contributed by atoms with E-state index in [9.17, 15) is 18.0 Å². The molecule has 0 aliphatic rings. The summed E-state index contributed by atoms with van der Waals surface area (Å²) in [6.45, 7) is 2.11. The van der Waals surface area contributed by atoms with Crippen LogP contribution in [0.15, 0.2) is 33.5 Å². The number of alkyl halides is 3. The SMILES string of the molecule is CCOc1ccc2c(C(F)(F)F)cc(=O)oc2c1. The van der Waals surface area contributed by atoms with E-state index in [-0.39, 0.29) is 11.0 Å². The molecule has 1 aromatic carbocycles. The molecule has 2 aromatic rings. The summed E-state index contributed by atoms with van der Waals surface area (Å²) in [6.07, 6.45) is -4.60. The molecular formula is C12H9F3O3. The second-order valence-electron chi connectivity index (χ2n) is 3.57. The minimum atomic E-state index is -4.60. The van der Waals surface area contributed by atoms with Gasteiger partial charge in [0.05, 0.1) is 12.2 Å². The first-order valence-electron chi connectivity index (χ1n) is 5.19. The summed E-state index contributed by atoms with van der Waals surface area (Å²) in [5.41, 5.74) is -2.18. The van der Waals surface area contributed by atoms with Gasteiger partial charge in [0, 0.05) is 17.5 Å². The van der Waals surface area contributed by atoms with Crippen molar-refractivity contribution in [2.45, 2.75) is 13.1 Å². The lowest BCUT2D eigenvalue weighted by Crippen LogP contribution is -2.11. The van der Waals surface area contributed by atoms with Gasteiger partial charge in [-0.05, 0) is 19.1 Å². The first-order chi connectivity index (χ1) is 8.41. The predicted octanol–water partition coefficient (Wildman–Crippen LogP) is 3.21. The van der Waals surface area contributed by atoms with Crippen molar-refractivity contribution in [1.82, 2.24) is 0 Å². The van der Waals surface area contributed by atoms with Crippen LogP contribution in [0.1, 0.15) is 12.5 Å². The molecule has 0 aliphatic carbocycles. The van der Waals surface area contributed by atoms with Gasteiger partial charge < -0.3 is 9.15 Å². The van der Waals surface area contributed by atoms with Gasteiger partial charge in [-0.3, -0.25) is 0 Å². The van der Waals surface area contributed by atoms with Crippen LogP contribution in [0.3, 0.4) is 0 Å². The second kappa shape index (κ2) is 4.36. The van der Waals surface area contributed by atoms with E-state index in [1.54, 1.807) is 6.92 Å². The number of benzene rings is 1. The van der Waals surface area contributed by atoms with Gasteiger partial charge in [0.2, 0.25) is 0 Å². The normalized spacial score (nSPS) is 11.8. The van der Waals surface area contributed by atoms with Crippen molar-refractivity contribution >= 4 is 11.0 Å². The van der Waals surface area contributed by atoms with Crippen molar-refractivity contribution in [2.75, 3.05) is 6.61 Å². The highest BCUT2D eigenvalue weighted by Gasteiger charge is 2.33. The molecule has 0 unspecified atom stereocenters. The standard InChI is InChI=1S/C12H9F3O3/c1-2-17-7-3-4-8-9(12(13,14)15)6-11(16)18-10(8)5-7/h3-6H,2H2,1H3. The zero-order valence-corrected chi connectivity index (χ0v) is 9.38. The molecule has 1 aromatic heterocycles. The number of hydrogen-bond donors (Lipinski definition) is 0. The van der Waals surface area contributed by atoms with E-state index >= 15 is 0 Å². The number of halogens is 3. The quantitative estimate of drug-likeness (QED) is 0.776. The Kier molecular flexibility index (Phi) is 3.02. The molecule has 0 aliphatic heterocycles. The Hall–Kier alpha value is -1.98. The van der Waals surface area contributed by atoms with Gasteiger partial charge in [0.1, 0.15) is 11.3 Å². The van der Waals surface area contributed by atoms with Crippen LogP contribution in [0, 0.1) is 0 Å². The highest BCUT2D eigenvalue weighted by atomic mass is 19.4. The summed E-state index contributed by atoms with van der Waals surface area (Å²) in [5.74, 6) is 0.354. The Morgan fingerprint density at radius 1 is 1.28 bits per heavy atom. The molecule has 96 valence electrons. The third-order valence-electron chi connectivity index (χ3n) is 2.33. The molecule has 0 radical (unpaired) electrons. The topological polar surface area (TPSA) is 39.4 Å². The molecule has 0 saturated carbocycles. The van der Waals surface area contributed by atoms with Crippen LogP contribution in [0.4, 0.5) is 13.2 Å². The van der Waals surface area contributed by atoms with Crippen LogP contribution < -0.4 is 10.4 Å². The molecule has 0 bridgehead atoms. The highest BCUT2D eigenvalue weighted by molar-refractivity contribution is 5.82. The maximum absolute atomic E-state index is 12.7. The molecule has 0 N–H and O–H groups in total. The summed E-state index contributed by atoms with van der Waals surface area (Å²) in [6, 6.07) is 4.35. The van der Waals surface area contributed by atoms with Gasteiger partial charge in [0.15, 0.2) is 0 Å². The molecule has 3 nitrogen and oxygen atoms in total. The summed E-state index contributed by atoms with van der Waals surface area (Å²) in [7, 11) is 0. The molecule has 0 atom stereocenters. The fourth-order valence-corrected chi connectivity index (χ4v) is 1.63. The molecule has 6 heteroatoms. The van der Waals surface area contributed by atoms with Gasteiger partial charge in [-0.25, -0.2) is 4.79 Å². The second-order valence-corrected chi connectivity index (χ2v) is 3.57. The smallest absolute Gasteiger partial charge is 0.417 e.